The van der Waals surface area contributed by atoms with Crippen molar-refractivity contribution in [3.8, 4) is 6.07 Å². The number of nitrogens with zero attached hydrogens (tertiary/aromatic N) is 2. The number of hydrogen-bond acceptors (Lipinski definition) is 5. The number of piperidine rings is 1. The van der Waals surface area contributed by atoms with Crippen LogP contribution in [0.5, 0.6) is 0 Å². The number of amides is 2. The second-order valence-corrected chi connectivity index (χ2v) is 6.12. The summed E-state index contributed by atoms with van der Waals surface area (Å²) in [5, 5.41) is 12.4. The van der Waals surface area contributed by atoms with Gasteiger partial charge in [-0.25, -0.2) is 0 Å². The number of carbonyl (C=O) groups is 2. The maximum absolute atomic E-state index is 12.6. The molecule has 5 atom stereocenters. The number of hydrogen-bond donors (Lipinski definition) is 2. The Balaban J connectivity index is 0.00000176. The molecule has 0 aromatic rings. The number of carbonyl (C=O) groups excluding carboxylic acids is 2. The van der Waals surface area contributed by atoms with Crippen molar-refractivity contribution in [1.82, 2.24) is 10.2 Å². The minimum absolute atomic E-state index is 0. The highest BCUT2D eigenvalue weighted by Gasteiger charge is 2.50. The third-order valence-corrected chi connectivity index (χ3v) is 4.80. The molecule has 0 unspecified atom stereocenters. The molecule has 8 heteroatoms. The van der Waals surface area contributed by atoms with Gasteiger partial charge in [-0.15, -0.1) is 12.4 Å². The summed E-state index contributed by atoms with van der Waals surface area (Å²) < 4.78 is 5.48. The monoisotopic (exact) mass is 328 g/mol. The molecule has 0 aromatic heterocycles. The summed E-state index contributed by atoms with van der Waals surface area (Å²) in [7, 11) is 0. The molecule has 0 radical (unpaired) electrons. The van der Waals surface area contributed by atoms with Crippen LogP contribution in [0.1, 0.15) is 25.7 Å². The van der Waals surface area contributed by atoms with E-state index in [-0.39, 0.29) is 55.1 Å². The first kappa shape index (κ1) is 17.0. The molecule has 1 aliphatic carbocycles. The van der Waals surface area contributed by atoms with Gasteiger partial charge in [0.05, 0.1) is 18.2 Å². The Kier molecular flexibility index (Phi) is 5.27. The third kappa shape index (κ3) is 3.05. The molecular weight excluding hydrogens is 308 g/mol. The van der Waals surface area contributed by atoms with Crippen molar-refractivity contribution in [2.75, 3.05) is 13.2 Å². The largest absolute Gasteiger partial charge is 0.368 e. The molecule has 3 N–H and O–H groups in total. The van der Waals surface area contributed by atoms with Gasteiger partial charge in [0.15, 0.2) is 0 Å². The summed E-state index contributed by atoms with van der Waals surface area (Å²) in [6, 6.07) is 1.82. The average molecular weight is 329 g/mol. The number of likely N-dealkylation sites (tertiary alicyclic amines) is 1. The Morgan fingerprint density at radius 1 is 1.41 bits per heavy atom. The van der Waals surface area contributed by atoms with E-state index in [1.807, 2.05) is 0 Å². The van der Waals surface area contributed by atoms with E-state index in [4.69, 9.17) is 15.7 Å². The lowest BCUT2D eigenvalue weighted by Gasteiger charge is -2.31. The Bertz CT molecular complexity index is 495. The number of nitrogens with one attached hydrogen (secondary N) is 1. The van der Waals surface area contributed by atoms with Gasteiger partial charge in [-0.2, -0.15) is 5.26 Å². The second kappa shape index (κ2) is 6.82. The molecule has 2 aliphatic heterocycles. The highest BCUT2D eigenvalue weighted by molar-refractivity contribution is 5.85. The van der Waals surface area contributed by atoms with Crippen LogP contribution in [0.25, 0.3) is 0 Å². The van der Waals surface area contributed by atoms with Crippen molar-refractivity contribution in [2.24, 2.45) is 11.7 Å². The van der Waals surface area contributed by atoms with Crippen molar-refractivity contribution in [2.45, 2.75) is 49.9 Å². The van der Waals surface area contributed by atoms with E-state index < -0.39 is 5.91 Å². The van der Waals surface area contributed by atoms with Crippen molar-refractivity contribution in [3.63, 3.8) is 0 Å². The first-order valence-corrected chi connectivity index (χ1v) is 7.46. The first-order valence-electron chi connectivity index (χ1n) is 7.46. The fourth-order valence-electron chi connectivity index (χ4n) is 3.84. The molecule has 122 valence electrons. The van der Waals surface area contributed by atoms with E-state index in [1.165, 1.54) is 0 Å². The molecule has 0 aromatic carbocycles. The predicted molar refractivity (Wildman–Crippen MR) is 80.0 cm³/mol. The molecule has 2 amide bonds. The average Bonchev–Trinajstić information content (AvgIpc) is 3.17. The quantitative estimate of drug-likeness (QED) is 0.726. The highest BCUT2D eigenvalue weighted by Crippen LogP contribution is 2.38. The summed E-state index contributed by atoms with van der Waals surface area (Å²) in [5.74, 6) is -0.209. The van der Waals surface area contributed by atoms with Gasteiger partial charge < -0.3 is 20.7 Å². The standard InChI is InChI=1S/C14H20N4O3.ClH/c15-6-9-2-1-3-18(9)14(20)13-8-4-10(17-13)11(5-8)21-7-12(16)19;/h8-11,13,17H,1-5,7H2,(H2,16,19);1H/t8-,9+,10+,11-,13+;/m1./s1. The van der Waals surface area contributed by atoms with Crippen LogP contribution in [-0.4, -0.2) is 54.1 Å². The van der Waals surface area contributed by atoms with Crippen molar-refractivity contribution >= 4 is 24.2 Å². The number of halogens is 1. The van der Waals surface area contributed by atoms with E-state index in [0.717, 1.165) is 25.7 Å². The zero-order chi connectivity index (χ0) is 15.0. The van der Waals surface area contributed by atoms with E-state index >= 15 is 0 Å². The SMILES string of the molecule is Cl.N#C[C@@H]1CCCN1C(=O)[C@H]1N[C@H]2C[C@@H]1C[C@H]2OCC(N)=O. The smallest absolute Gasteiger partial charge is 0.243 e. The molecule has 0 spiro atoms. The molecular formula is C14H21ClN4O3. The van der Waals surface area contributed by atoms with Crippen molar-refractivity contribution in [1.29, 1.82) is 5.26 Å². The summed E-state index contributed by atoms with van der Waals surface area (Å²) in [5.41, 5.74) is 5.08. The Hall–Kier alpha value is -1.36. The zero-order valence-electron chi connectivity index (χ0n) is 12.2. The van der Waals surface area contributed by atoms with Crippen LogP contribution in [0, 0.1) is 17.2 Å². The van der Waals surface area contributed by atoms with Crippen molar-refractivity contribution in [3.05, 3.63) is 0 Å². The summed E-state index contributed by atoms with van der Waals surface area (Å²) in [4.78, 5) is 25.0. The maximum atomic E-state index is 12.6. The maximum Gasteiger partial charge on any atom is 0.243 e. The van der Waals surface area contributed by atoms with Gasteiger partial charge >= 0.3 is 0 Å². The van der Waals surface area contributed by atoms with Crippen LogP contribution in [0.15, 0.2) is 0 Å². The number of primary amides is 1. The molecule has 2 bridgehead atoms. The minimum atomic E-state index is -0.473. The second-order valence-electron chi connectivity index (χ2n) is 6.12. The van der Waals surface area contributed by atoms with E-state index in [0.29, 0.717) is 6.54 Å². The van der Waals surface area contributed by atoms with Gasteiger partial charge in [0, 0.05) is 12.6 Å². The highest BCUT2D eigenvalue weighted by atomic mass is 35.5. The lowest BCUT2D eigenvalue weighted by molar-refractivity contribution is -0.136. The van der Waals surface area contributed by atoms with Crippen LogP contribution in [0.2, 0.25) is 0 Å². The van der Waals surface area contributed by atoms with E-state index in [2.05, 4.69) is 11.4 Å². The van der Waals surface area contributed by atoms with Crippen LogP contribution in [-0.2, 0) is 14.3 Å². The number of fused-ring (bicyclic) bond motifs is 2. The van der Waals surface area contributed by atoms with Crippen molar-refractivity contribution < 1.29 is 14.3 Å². The Morgan fingerprint density at radius 2 is 2.18 bits per heavy atom. The van der Waals surface area contributed by atoms with Gasteiger partial charge in [-0.1, -0.05) is 0 Å². The molecule has 3 rings (SSSR count). The predicted octanol–water partition coefficient (Wildman–Crippen LogP) is -0.456. The molecule has 1 saturated carbocycles. The minimum Gasteiger partial charge on any atom is -0.368 e. The van der Waals surface area contributed by atoms with Gasteiger partial charge in [0.25, 0.3) is 0 Å². The lowest BCUT2D eigenvalue weighted by Crippen LogP contribution is -2.54. The third-order valence-electron chi connectivity index (χ3n) is 4.80. The topological polar surface area (TPSA) is 108 Å². The van der Waals surface area contributed by atoms with Crippen LogP contribution < -0.4 is 11.1 Å². The fraction of sp³-hybridized carbons (Fsp3) is 0.786. The van der Waals surface area contributed by atoms with Gasteiger partial charge in [0.2, 0.25) is 11.8 Å². The molecule has 3 aliphatic rings. The normalized spacial score (nSPS) is 36.0. The molecule has 3 fully saturated rings. The van der Waals surface area contributed by atoms with E-state index in [1.54, 1.807) is 4.90 Å². The molecule has 2 heterocycles. The zero-order valence-corrected chi connectivity index (χ0v) is 13.1. The van der Waals surface area contributed by atoms with E-state index in [9.17, 15) is 9.59 Å². The summed E-state index contributed by atoms with van der Waals surface area (Å²) in [6.07, 6.45) is 3.27. The molecule has 2 saturated heterocycles. The fourth-order valence-corrected chi connectivity index (χ4v) is 3.84. The number of nitrogens with two attached hydrogens (primary N) is 1. The van der Waals surface area contributed by atoms with Crippen LogP contribution in [0.3, 0.4) is 0 Å². The van der Waals surface area contributed by atoms with Gasteiger partial charge in [0.1, 0.15) is 12.6 Å². The van der Waals surface area contributed by atoms with Gasteiger partial charge in [-0.3, -0.25) is 9.59 Å². The number of rotatable bonds is 4. The van der Waals surface area contributed by atoms with Gasteiger partial charge in [-0.05, 0) is 31.6 Å². The lowest BCUT2D eigenvalue weighted by atomic mass is 9.97. The number of ether oxygens (including phenoxy) is 1. The molecule has 22 heavy (non-hydrogen) atoms. The number of nitriles is 1. The van der Waals surface area contributed by atoms with Crippen LogP contribution >= 0.6 is 12.4 Å². The molecule has 7 nitrogen and oxygen atoms in total. The summed E-state index contributed by atoms with van der Waals surface area (Å²) in [6.45, 7) is 0.602. The Labute approximate surface area is 135 Å². The summed E-state index contributed by atoms with van der Waals surface area (Å²) >= 11 is 0. The van der Waals surface area contributed by atoms with Crippen LogP contribution in [0.4, 0.5) is 0 Å². The Morgan fingerprint density at radius 3 is 2.77 bits per heavy atom. The first-order chi connectivity index (χ1) is 10.1.